The van der Waals surface area contributed by atoms with E-state index in [1.807, 2.05) is 0 Å². The van der Waals surface area contributed by atoms with Crippen LogP contribution in [0.2, 0.25) is 0 Å². The third-order valence-electron chi connectivity index (χ3n) is 4.31. The van der Waals surface area contributed by atoms with Crippen molar-refractivity contribution in [2.45, 2.75) is 18.9 Å². The van der Waals surface area contributed by atoms with Crippen LogP contribution in [0, 0.1) is 15.9 Å². The monoisotopic (exact) mass is 418 g/mol. The molecule has 0 radical (unpaired) electrons. The summed E-state index contributed by atoms with van der Waals surface area (Å²) in [7, 11) is 0. The van der Waals surface area contributed by atoms with E-state index in [1.54, 1.807) is 12.1 Å². The zero-order valence-corrected chi connectivity index (χ0v) is 15.8. The summed E-state index contributed by atoms with van der Waals surface area (Å²) < 4.78 is 29.1. The molecule has 10 heteroatoms. The van der Waals surface area contributed by atoms with Crippen molar-refractivity contribution in [2.24, 2.45) is 0 Å². The van der Waals surface area contributed by atoms with Gasteiger partial charge >= 0.3 is 5.97 Å². The van der Waals surface area contributed by atoms with Gasteiger partial charge in [-0.2, -0.15) is 0 Å². The molecule has 1 aliphatic heterocycles. The van der Waals surface area contributed by atoms with E-state index in [0.717, 1.165) is 31.6 Å². The molecule has 1 N–H and O–H groups in total. The van der Waals surface area contributed by atoms with E-state index in [2.05, 4.69) is 5.32 Å². The van der Waals surface area contributed by atoms with Crippen LogP contribution in [0.4, 0.5) is 15.8 Å². The Labute approximate surface area is 170 Å². The molecule has 2 aromatic carbocycles. The third kappa shape index (κ3) is 5.74. The lowest BCUT2D eigenvalue weighted by molar-refractivity contribution is -0.384. The highest BCUT2D eigenvalue weighted by atomic mass is 19.1. The number of nitro benzene ring substituents is 1. The predicted molar refractivity (Wildman–Crippen MR) is 103 cm³/mol. The fraction of sp³-hybridized carbons (Fsp3) is 0.300. The summed E-state index contributed by atoms with van der Waals surface area (Å²) in [4.78, 5) is 34.1. The number of carbonyl (C=O) groups excluding carboxylic acids is 2. The van der Waals surface area contributed by atoms with Crippen LogP contribution < -0.4 is 10.1 Å². The highest BCUT2D eigenvalue weighted by molar-refractivity contribution is 5.96. The van der Waals surface area contributed by atoms with Crippen LogP contribution in [0.3, 0.4) is 0 Å². The molecule has 1 aliphatic rings. The first-order valence-electron chi connectivity index (χ1n) is 9.18. The Balaban J connectivity index is 1.49. The van der Waals surface area contributed by atoms with Gasteiger partial charge in [-0.25, -0.2) is 9.18 Å². The summed E-state index contributed by atoms with van der Waals surface area (Å²) in [6.45, 7) is 0.505. The van der Waals surface area contributed by atoms with Crippen LogP contribution in [0.25, 0.3) is 0 Å². The lowest BCUT2D eigenvalue weighted by Gasteiger charge is -2.11. The zero-order valence-electron chi connectivity index (χ0n) is 15.8. The van der Waals surface area contributed by atoms with Crippen molar-refractivity contribution in [1.29, 1.82) is 0 Å². The Hall–Kier alpha value is -3.53. The maximum atomic E-state index is 13.1. The number of halogens is 1. The van der Waals surface area contributed by atoms with E-state index in [1.165, 1.54) is 12.1 Å². The number of nitrogens with one attached hydrogen (secondary N) is 1. The maximum Gasteiger partial charge on any atom is 0.338 e. The van der Waals surface area contributed by atoms with Gasteiger partial charge in [0.05, 0.1) is 22.7 Å². The SMILES string of the molecule is O=C(COC(=O)c1ccc(OCC2CCCO2)cc1)Nc1ccc(F)cc1[N+](=O)[O-]. The van der Waals surface area contributed by atoms with Gasteiger partial charge in [0.15, 0.2) is 6.61 Å². The van der Waals surface area contributed by atoms with Gasteiger partial charge in [-0.1, -0.05) is 0 Å². The molecule has 0 aromatic heterocycles. The van der Waals surface area contributed by atoms with E-state index in [-0.39, 0.29) is 17.4 Å². The standard InChI is InChI=1S/C20H19FN2O7/c21-14-5-8-17(18(10-14)23(26)27)22-19(24)12-30-20(25)13-3-6-15(7-4-13)29-11-16-2-1-9-28-16/h3-8,10,16H,1-2,9,11-12H2,(H,22,24). The average Bonchev–Trinajstić information content (AvgIpc) is 3.25. The van der Waals surface area contributed by atoms with E-state index >= 15 is 0 Å². The van der Waals surface area contributed by atoms with Gasteiger partial charge in [-0.05, 0) is 49.2 Å². The van der Waals surface area contributed by atoms with Gasteiger partial charge < -0.3 is 19.5 Å². The fourth-order valence-corrected chi connectivity index (χ4v) is 2.81. The number of hydrogen-bond donors (Lipinski definition) is 1. The van der Waals surface area contributed by atoms with E-state index in [4.69, 9.17) is 14.2 Å². The van der Waals surface area contributed by atoms with Crippen LogP contribution >= 0.6 is 0 Å². The first-order chi connectivity index (χ1) is 14.4. The molecule has 0 bridgehead atoms. The van der Waals surface area contributed by atoms with Gasteiger partial charge in [0.2, 0.25) is 0 Å². The predicted octanol–water partition coefficient (Wildman–Crippen LogP) is 3.09. The average molecular weight is 418 g/mol. The number of ether oxygens (including phenoxy) is 3. The largest absolute Gasteiger partial charge is 0.491 e. The second kappa shape index (κ2) is 9.79. The molecule has 0 aliphatic carbocycles. The molecule has 1 unspecified atom stereocenters. The molecule has 9 nitrogen and oxygen atoms in total. The number of hydrogen-bond acceptors (Lipinski definition) is 7. The van der Waals surface area contributed by atoms with Crippen molar-refractivity contribution in [2.75, 3.05) is 25.1 Å². The molecule has 0 saturated carbocycles. The second-order valence-electron chi connectivity index (χ2n) is 6.51. The van der Waals surface area contributed by atoms with Crippen LogP contribution in [0.1, 0.15) is 23.2 Å². The van der Waals surface area contributed by atoms with Crippen molar-refractivity contribution in [3.05, 3.63) is 64.0 Å². The Morgan fingerprint density at radius 3 is 2.67 bits per heavy atom. The zero-order chi connectivity index (χ0) is 21.5. The van der Waals surface area contributed by atoms with E-state index < -0.39 is 34.9 Å². The van der Waals surface area contributed by atoms with Crippen molar-refractivity contribution >= 4 is 23.3 Å². The van der Waals surface area contributed by atoms with Crippen molar-refractivity contribution in [1.82, 2.24) is 0 Å². The van der Waals surface area contributed by atoms with Crippen molar-refractivity contribution in [3.63, 3.8) is 0 Å². The number of benzene rings is 2. The van der Waals surface area contributed by atoms with Gasteiger partial charge in [0, 0.05) is 6.61 Å². The van der Waals surface area contributed by atoms with E-state index in [0.29, 0.717) is 18.4 Å². The molecule has 1 atom stereocenters. The lowest BCUT2D eigenvalue weighted by atomic mass is 10.2. The topological polar surface area (TPSA) is 117 Å². The Morgan fingerprint density at radius 1 is 1.23 bits per heavy atom. The molecule has 0 spiro atoms. The maximum absolute atomic E-state index is 13.1. The highest BCUT2D eigenvalue weighted by Crippen LogP contribution is 2.25. The summed E-state index contributed by atoms with van der Waals surface area (Å²) in [5.41, 5.74) is -0.594. The highest BCUT2D eigenvalue weighted by Gasteiger charge is 2.19. The summed E-state index contributed by atoms with van der Waals surface area (Å²) in [5.74, 6) is -1.78. The normalized spacial score (nSPS) is 15.4. The van der Waals surface area contributed by atoms with Crippen LogP contribution in [-0.2, 0) is 14.3 Å². The summed E-state index contributed by atoms with van der Waals surface area (Å²) >= 11 is 0. The molecule has 1 fully saturated rings. The minimum atomic E-state index is -0.826. The number of anilines is 1. The summed E-state index contributed by atoms with van der Waals surface area (Å²) in [6, 6.07) is 8.91. The number of nitro groups is 1. The van der Waals surface area contributed by atoms with Gasteiger partial charge in [-0.3, -0.25) is 14.9 Å². The molecule has 3 rings (SSSR count). The van der Waals surface area contributed by atoms with Crippen LogP contribution in [0.15, 0.2) is 42.5 Å². The molecular weight excluding hydrogens is 399 g/mol. The van der Waals surface area contributed by atoms with E-state index in [9.17, 15) is 24.1 Å². The van der Waals surface area contributed by atoms with Crippen LogP contribution in [0.5, 0.6) is 5.75 Å². The second-order valence-corrected chi connectivity index (χ2v) is 6.51. The first-order valence-corrected chi connectivity index (χ1v) is 9.18. The number of nitrogens with zero attached hydrogens (tertiary/aromatic N) is 1. The number of esters is 1. The Morgan fingerprint density at radius 2 is 2.00 bits per heavy atom. The number of carbonyl (C=O) groups is 2. The Kier molecular flexibility index (Phi) is 6.91. The lowest BCUT2D eigenvalue weighted by Crippen LogP contribution is -2.21. The molecule has 158 valence electrons. The molecule has 1 saturated heterocycles. The molecule has 30 heavy (non-hydrogen) atoms. The number of rotatable bonds is 8. The molecule has 1 amide bonds. The quantitative estimate of drug-likeness (QED) is 0.398. The smallest absolute Gasteiger partial charge is 0.338 e. The van der Waals surface area contributed by atoms with Gasteiger partial charge in [0.1, 0.15) is 23.9 Å². The molecular formula is C20H19FN2O7. The summed E-state index contributed by atoms with van der Waals surface area (Å²) in [5, 5.41) is 13.2. The van der Waals surface area contributed by atoms with Gasteiger partial charge in [-0.15, -0.1) is 0 Å². The van der Waals surface area contributed by atoms with Crippen LogP contribution in [-0.4, -0.2) is 42.7 Å². The Bertz CT molecular complexity index is 927. The third-order valence-corrected chi connectivity index (χ3v) is 4.31. The number of amides is 1. The minimum absolute atomic E-state index is 0.0742. The van der Waals surface area contributed by atoms with Crippen molar-refractivity contribution < 1.29 is 33.1 Å². The fourth-order valence-electron chi connectivity index (χ4n) is 2.81. The first kappa shape index (κ1) is 21.2. The minimum Gasteiger partial charge on any atom is -0.491 e. The molecule has 2 aromatic rings. The molecule has 1 heterocycles. The van der Waals surface area contributed by atoms with Crippen molar-refractivity contribution in [3.8, 4) is 5.75 Å². The van der Waals surface area contributed by atoms with Gasteiger partial charge in [0.25, 0.3) is 11.6 Å². The summed E-state index contributed by atoms with van der Waals surface area (Å²) in [6.07, 6.45) is 2.04.